The summed E-state index contributed by atoms with van der Waals surface area (Å²) in [7, 11) is -3.38. The van der Waals surface area contributed by atoms with Gasteiger partial charge in [-0.3, -0.25) is 0 Å². The van der Waals surface area contributed by atoms with Gasteiger partial charge in [0, 0.05) is 24.5 Å². The van der Waals surface area contributed by atoms with E-state index >= 15 is 0 Å². The van der Waals surface area contributed by atoms with Crippen LogP contribution in [-0.4, -0.2) is 37.2 Å². The molecule has 1 N–H and O–H groups in total. The molecule has 0 spiro atoms. The molecule has 0 aromatic rings. The smallest absolute Gasteiger partial charge is 0.201 e. The number of piperidine rings is 1. The maximum atomic E-state index is 12.2. The summed E-state index contributed by atoms with van der Waals surface area (Å²) < 4.78 is 28.7. The van der Waals surface area contributed by atoms with Crippen molar-refractivity contribution in [1.29, 1.82) is 0 Å². The SMILES string of the molecule is CC1CCCCN1S(=O)(=O)NCC(Cl)CC(C)(C)C. The molecule has 114 valence electrons. The van der Waals surface area contributed by atoms with Crippen molar-refractivity contribution in [3.63, 3.8) is 0 Å². The first kappa shape index (κ1) is 17.2. The molecule has 2 atom stereocenters. The van der Waals surface area contributed by atoms with Gasteiger partial charge in [0.2, 0.25) is 0 Å². The molecule has 0 amide bonds. The Labute approximate surface area is 123 Å². The Kier molecular flexibility index (Phi) is 6.11. The van der Waals surface area contributed by atoms with Gasteiger partial charge in [-0.15, -0.1) is 11.6 Å². The molecule has 1 fully saturated rings. The number of nitrogens with one attached hydrogen (secondary N) is 1. The van der Waals surface area contributed by atoms with Gasteiger partial charge in [-0.2, -0.15) is 12.7 Å². The summed E-state index contributed by atoms with van der Waals surface area (Å²) in [6.45, 7) is 9.18. The molecule has 1 heterocycles. The van der Waals surface area contributed by atoms with Crippen molar-refractivity contribution in [2.24, 2.45) is 5.41 Å². The molecule has 0 aliphatic carbocycles. The fraction of sp³-hybridized carbons (Fsp3) is 1.00. The highest BCUT2D eigenvalue weighted by atomic mass is 35.5. The fourth-order valence-electron chi connectivity index (χ4n) is 2.44. The van der Waals surface area contributed by atoms with Gasteiger partial charge >= 0.3 is 0 Å². The van der Waals surface area contributed by atoms with E-state index in [0.717, 1.165) is 25.7 Å². The van der Waals surface area contributed by atoms with E-state index in [2.05, 4.69) is 25.5 Å². The molecule has 0 aromatic heterocycles. The van der Waals surface area contributed by atoms with Crippen LogP contribution in [0, 0.1) is 5.41 Å². The molecule has 1 rings (SSSR count). The standard InChI is InChI=1S/C13H27ClN2O2S/c1-11-7-5-6-8-16(11)19(17,18)15-10-12(14)9-13(2,3)4/h11-12,15H,5-10H2,1-4H3. The van der Waals surface area contributed by atoms with Gasteiger partial charge in [0.1, 0.15) is 0 Å². The number of nitrogens with zero attached hydrogens (tertiary/aromatic N) is 1. The average molecular weight is 311 g/mol. The zero-order chi connectivity index (χ0) is 14.7. The highest BCUT2D eigenvalue weighted by molar-refractivity contribution is 7.87. The molecular formula is C13H27ClN2O2S. The number of halogens is 1. The Morgan fingerprint density at radius 3 is 2.53 bits per heavy atom. The summed E-state index contributed by atoms with van der Waals surface area (Å²) in [5, 5.41) is -0.171. The second-order valence-electron chi connectivity index (χ2n) is 6.67. The summed E-state index contributed by atoms with van der Waals surface area (Å²) in [6.07, 6.45) is 3.77. The molecule has 2 unspecified atom stereocenters. The third kappa shape index (κ3) is 5.98. The highest BCUT2D eigenvalue weighted by Crippen LogP contribution is 2.24. The van der Waals surface area contributed by atoms with E-state index in [1.54, 1.807) is 4.31 Å². The predicted octanol–water partition coefficient (Wildman–Crippen LogP) is 2.74. The Hall–Kier alpha value is 0.160. The number of hydrogen-bond donors (Lipinski definition) is 1. The monoisotopic (exact) mass is 310 g/mol. The van der Waals surface area contributed by atoms with Crippen LogP contribution in [0.5, 0.6) is 0 Å². The van der Waals surface area contributed by atoms with Crippen molar-refractivity contribution in [2.75, 3.05) is 13.1 Å². The van der Waals surface area contributed by atoms with Gasteiger partial charge in [-0.05, 0) is 31.6 Å². The second-order valence-corrected chi connectivity index (χ2v) is 9.00. The van der Waals surface area contributed by atoms with Crippen molar-refractivity contribution in [1.82, 2.24) is 9.03 Å². The highest BCUT2D eigenvalue weighted by Gasteiger charge is 2.29. The van der Waals surface area contributed by atoms with E-state index < -0.39 is 10.2 Å². The third-order valence-electron chi connectivity index (χ3n) is 3.37. The zero-order valence-electron chi connectivity index (χ0n) is 12.4. The number of hydrogen-bond acceptors (Lipinski definition) is 2. The lowest BCUT2D eigenvalue weighted by Crippen LogP contribution is -2.49. The van der Waals surface area contributed by atoms with Crippen LogP contribution in [0.15, 0.2) is 0 Å². The van der Waals surface area contributed by atoms with Crippen LogP contribution >= 0.6 is 11.6 Å². The zero-order valence-corrected chi connectivity index (χ0v) is 14.0. The third-order valence-corrected chi connectivity index (χ3v) is 5.37. The number of alkyl halides is 1. The molecule has 1 saturated heterocycles. The van der Waals surface area contributed by atoms with Crippen molar-refractivity contribution in [3.8, 4) is 0 Å². The maximum Gasteiger partial charge on any atom is 0.279 e. The molecule has 1 aliphatic heterocycles. The van der Waals surface area contributed by atoms with Gasteiger partial charge in [0.25, 0.3) is 10.2 Å². The Morgan fingerprint density at radius 1 is 1.37 bits per heavy atom. The summed E-state index contributed by atoms with van der Waals surface area (Å²) in [6, 6.07) is 0.0858. The molecule has 4 nitrogen and oxygen atoms in total. The molecule has 0 saturated carbocycles. The van der Waals surface area contributed by atoms with Gasteiger partial charge in [0.05, 0.1) is 0 Å². The molecule has 0 aromatic carbocycles. The van der Waals surface area contributed by atoms with Gasteiger partial charge in [0.15, 0.2) is 0 Å². The van der Waals surface area contributed by atoms with Crippen LogP contribution in [-0.2, 0) is 10.2 Å². The topological polar surface area (TPSA) is 49.4 Å². The summed E-state index contributed by atoms with van der Waals surface area (Å²) in [4.78, 5) is 0. The van der Waals surface area contributed by atoms with E-state index in [1.165, 1.54) is 0 Å². The maximum absolute atomic E-state index is 12.2. The molecule has 6 heteroatoms. The van der Waals surface area contributed by atoms with Crippen LogP contribution in [0.4, 0.5) is 0 Å². The summed E-state index contributed by atoms with van der Waals surface area (Å²) in [5.41, 5.74) is 0.107. The van der Waals surface area contributed by atoms with E-state index in [1.807, 2.05) is 6.92 Å². The van der Waals surface area contributed by atoms with Crippen LogP contribution in [0.25, 0.3) is 0 Å². The van der Waals surface area contributed by atoms with Crippen molar-refractivity contribution >= 4 is 21.8 Å². The minimum absolute atomic E-state index is 0.0858. The van der Waals surface area contributed by atoms with E-state index in [-0.39, 0.29) is 16.8 Å². The van der Waals surface area contributed by atoms with Crippen molar-refractivity contribution in [2.45, 2.75) is 64.8 Å². The Morgan fingerprint density at radius 2 is 2.00 bits per heavy atom. The minimum Gasteiger partial charge on any atom is -0.201 e. The average Bonchev–Trinajstić information content (AvgIpc) is 2.24. The minimum atomic E-state index is -3.38. The predicted molar refractivity (Wildman–Crippen MR) is 80.7 cm³/mol. The Bertz CT molecular complexity index is 379. The summed E-state index contributed by atoms with van der Waals surface area (Å²) >= 11 is 6.20. The van der Waals surface area contributed by atoms with Crippen molar-refractivity contribution in [3.05, 3.63) is 0 Å². The normalized spacial score (nSPS) is 24.4. The van der Waals surface area contributed by atoms with Crippen molar-refractivity contribution < 1.29 is 8.42 Å². The molecule has 1 aliphatic rings. The summed E-state index contributed by atoms with van der Waals surface area (Å²) in [5.74, 6) is 0. The van der Waals surface area contributed by atoms with Crippen LogP contribution in [0.3, 0.4) is 0 Å². The van der Waals surface area contributed by atoms with Gasteiger partial charge in [-0.25, -0.2) is 4.72 Å². The largest absolute Gasteiger partial charge is 0.279 e. The lowest BCUT2D eigenvalue weighted by atomic mass is 9.90. The lowest BCUT2D eigenvalue weighted by molar-refractivity contribution is 0.265. The van der Waals surface area contributed by atoms with E-state index in [4.69, 9.17) is 11.6 Å². The van der Waals surface area contributed by atoms with Crippen LogP contribution in [0.2, 0.25) is 0 Å². The number of rotatable bonds is 5. The first-order valence-electron chi connectivity index (χ1n) is 7.02. The van der Waals surface area contributed by atoms with Gasteiger partial charge < -0.3 is 0 Å². The van der Waals surface area contributed by atoms with E-state index in [9.17, 15) is 8.42 Å². The van der Waals surface area contributed by atoms with Crippen LogP contribution < -0.4 is 4.72 Å². The fourth-order valence-corrected chi connectivity index (χ4v) is 4.60. The molecule has 0 radical (unpaired) electrons. The first-order chi connectivity index (χ1) is 8.62. The van der Waals surface area contributed by atoms with Gasteiger partial charge in [-0.1, -0.05) is 27.2 Å². The van der Waals surface area contributed by atoms with E-state index in [0.29, 0.717) is 13.1 Å². The lowest BCUT2D eigenvalue weighted by Gasteiger charge is -2.32. The Balaban J connectivity index is 2.50. The molecular weight excluding hydrogens is 284 g/mol. The molecule has 0 bridgehead atoms. The first-order valence-corrected chi connectivity index (χ1v) is 8.90. The molecule has 19 heavy (non-hydrogen) atoms. The second kappa shape index (κ2) is 6.74. The van der Waals surface area contributed by atoms with Crippen LogP contribution in [0.1, 0.15) is 53.4 Å². The quantitative estimate of drug-likeness (QED) is 0.794.